The highest BCUT2D eigenvalue weighted by Crippen LogP contribution is 2.24. The second kappa shape index (κ2) is 6.74. The molecule has 0 fully saturated rings. The maximum absolute atomic E-state index is 8.80. The van der Waals surface area contributed by atoms with Gasteiger partial charge < -0.3 is 9.47 Å². The van der Waals surface area contributed by atoms with Crippen molar-refractivity contribution in [1.82, 2.24) is 0 Å². The summed E-state index contributed by atoms with van der Waals surface area (Å²) in [5, 5.41) is 8.80. The van der Waals surface area contributed by atoms with Gasteiger partial charge in [-0.25, -0.2) is 0 Å². The van der Waals surface area contributed by atoms with E-state index < -0.39 is 0 Å². The SMILES string of the molecule is COc1ccc(C(Cc2ccc(C#N)cc2)OC)cc1. The summed E-state index contributed by atoms with van der Waals surface area (Å²) in [6.45, 7) is 0. The highest BCUT2D eigenvalue weighted by atomic mass is 16.5. The number of methoxy groups -OCH3 is 2. The van der Waals surface area contributed by atoms with Gasteiger partial charge in [-0.1, -0.05) is 24.3 Å². The lowest BCUT2D eigenvalue weighted by atomic mass is 10.0. The summed E-state index contributed by atoms with van der Waals surface area (Å²) < 4.78 is 10.7. The lowest BCUT2D eigenvalue weighted by molar-refractivity contribution is 0.103. The smallest absolute Gasteiger partial charge is 0.118 e. The molecule has 0 saturated heterocycles. The zero-order chi connectivity index (χ0) is 14.4. The van der Waals surface area contributed by atoms with Gasteiger partial charge >= 0.3 is 0 Å². The molecule has 2 aromatic rings. The van der Waals surface area contributed by atoms with E-state index in [4.69, 9.17) is 14.7 Å². The van der Waals surface area contributed by atoms with Gasteiger partial charge in [0.2, 0.25) is 0 Å². The molecule has 0 heterocycles. The first-order valence-electron chi connectivity index (χ1n) is 6.42. The minimum atomic E-state index is -0.00570. The monoisotopic (exact) mass is 267 g/mol. The second-order valence-corrected chi connectivity index (χ2v) is 4.51. The zero-order valence-corrected chi connectivity index (χ0v) is 11.7. The van der Waals surface area contributed by atoms with Crippen LogP contribution in [0.3, 0.4) is 0 Å². The molecule has 0 spiro atoms. The number of ether oxygens (including phenoxy) is 2. The molecule has 102 valence electrons. The lowest BCUT2D eigenvalue weighted by Gasteiger charge is -2.16. The van der Waals surface area contributed by atoms with E-state index in [0.717, 1.165) is 23.3 Å². The quantitative estimate of drug-likeness (QED) is 0.832. The Hall–Kier alpha value is -2.31. The van der Waals surface area contributed by atoms with Crippen LogP contribution in [0.25, 0.3) is 0 Å². The molecule has 0 bridgehead atoms. The maximum atomic E-state index is 8.80. The van der Waals surface area contributed by atoms with Crippen molar-refractivity contribution in [3.05, 3.63) is 65.2 Å². The van der Waals surface area contributed by atoms with Crippen molar-refractivity contribution in [2.24, 2.45) is 0 Å². The van der Waals surface area contributed by atoms with Gasteiger partial charge in [-0.05, 0) is 35.4 Å². The van der Waals surface area contributed by atoms with E-state index >= 15 is 0 Å². The molecule has 2 aromatic carbocycles. The van der Waals surface area contributed by atoms with E-state index in [0.29, 0.717) is 5.56 Å². The fraction of sp³-hybridized carbons (Fsp3) is 0.235. The Bertz CT molecular complexity index is 582. The fourth-order valence-corrected chi connectivity index (χ4v) is 2.09. The van der Waals surface area contributed by atoms with Crippen LogP contribution in [-0.2, 0) is 11.2 Å². The fourth-order valence-electron chi connectivity index (χ4n) is 2.09. The number of nitriles is 1. The van der Waals surface area contributed by atoms with Crippen molar-refractivity contribution >= 4 is 0 Å². The molecule has 0 aliphatic carbocycles. The first kappa shape index (κ1) is 14.1. The Morgan fingerprint density at radius 2 is 1.65 bits per heavy atom. The molecule has 0 amide bonds. The minimum Gasteiger partial charge on any atom is -0.497 e. The third kappa shape index (κ3) is 3.37. The van der Waals surface area contributed by atoms with Crippen molar-refractivity contribution in [2.45, 2.75) is 12.5 Å². The number of hydrogen-bond donors (Lipinski definition) is 0. The Morgan fingerprint density at radius 3 is 2.15 bits per heavy atom. The van der Waals surface area contributed by atoms with Crippen LogP contribution in [0, 0.1) is 11.3 Å². The number of hydrogen-bond acceptors (Lipinski definition) is 3. The van der Waals surface area contributed by atoms with Gasteiger partial charge in [-0.2, -0.15) is 5.26 Å². The third-order valence-electron chi connectivity index (χ3n) is 3.28. The average molecular weight is 267 g/mol. The standard InChI is InChI=1S/C17H17NO2/c1-19-16-9-7-15(8-10-16)17(20-2)11-13-3-5-14(12-18)6-4-13/h3-10,17H,11H2,1-2H3. The molecule has 0 radical (unpaired) electrons. The molecule has 20 heavy (non-hydrogen) atoms. The highest BCUT2D eigenvalue weighted by Gasteiger charge is 2.11. The van der Waals surface area contributed by atoms with Crippen molar-refractivity contribution in [2.75, 3.05) is 14.2 Å². The molecule has 1 atom stereocenters. The van der Waals surface area contributed by atoms with Gasteiger partial charge in [-0.15, -0.1) is 0 Å². The molecule has 3 nitrogen and oxygen atoms in total. The van der Waals surface area contributed by atoms with Crippen LogP contribution in [0.4, 0.5) is 0 Å². The summed E-state index contributed by atoms with van der Waals surface area (Å²) in [6, 6.07) is 17.6. The van der Waals surface area contributed by atoms with E-state index in [1.54, 1.807) is 14.2 Å². The van der Waals surface area contributed by atoms with Crippen LogP contribution < -0.4 is 4.74 Å². The van der Waals surface area contributed by atoms with Gasteiger partial charge in [0, 0.05) is 13.5 Å². The van der Waals surface area contributed by atoms with Gasteiger partial charge in [0.1, 0.15) is 5.75 Å². The Kier molecular flexibility index (Phi) is 4.75. The molecule has 0 aliphatic heterocycles. The Labute approximate surface area is 119 Å². The van der Waals surface area contributed by atoms with E-state index in [1.165, 1.54) is 0 Å². The first-order chi connectivity index (χ1) is 9.76. The summed E-state index contributed by atoms with van der Waals surface area (Å²) in [5.74, 6) is 0.835. The normalized spacial score (nSPS) is 11.7. The molecular formula is C17H17NO2. The molecule has 0 aromatic heterocycles. The van der Waals surface area contributed by atoms with E-state index in [1.807, 2.05) is 48.5 Å². The predicted molar refractivity (Wildman–Crippen MR) is 77.6 cm³/mol. The van der Waals surface area contributed by atoms with Crippen LogP contribution in [0.2, 0.25) is 0 Å². The Balaban J connectivity index is 2.12. The maximum Gasteiger partial charge on any atom is 0.118 e. The summed E-state index contributed by atoms with van der Waals surface area (Å²) in [6.07, 6.45) is 0.767. The number of rotatable bonds is 5. The van der Waals surface area contributed by atoms with Gasteiger partial charge in [-0.3, -0.25) is 0 Å². The summed E-state index contributed by atoms with van der Waals surface area (Å²) in [4.78, 5) is 0. The average Bonchev–Trinajstić information content (AvgIpc) is 2.53. The topological polar surface area (TPSA) is 42.2 Å². The van der Waals surface area contributed by atoms with Crippen LogP contribution in [0.5, 0.6) is 5.75 Å². The highest BCUT2D eigenvalue weighted by molar-refractivity contribution is 5.33. The lowest BCUT2D eigenvalue weighted by Crippen LogP contribution is -2.05. The van der Waals surface area contributed by atoms with Crippen molar-refractivity contribution in [3.8, 4) is 11.8 Å². The van der Waals surface area contributed by atoms with Crippen LogP contribution in [-0.4, -0.2) is 14.2 Å². The molecule has 0 aliphatic rings. The van der Waals surface area contributed by atoms with Crippen LogP contribution in [0.1, 0.15) is 22.8 Å². The van der Waals surface area contributed by atoms with E-state index in [9.17, 15) is 0 Å². The van der Waals surface area contributed by atoms with Crippen molar-refractivity contribution in [1.29, 1.82) is 5.26 Å². The second-order valence-electron chi connectivity index (χ2n) is 4.51. The minimum absolute atomic E-state index is 0.00570. The summed E-state index contributed by atoms with van der Waals surface area (Å²) in [5.41, 5.74) is 2.93. The molecule has 1 unspecified atom stereocenters. The Morgan fingerprint density at radius 1 is 1.00 bits per heavy atom. The molecule has 0 saturated carbocycles. The van der Waals surface area contributed by atoms with Crippen molar-refractivity contribution in [3.63, 3.8) is 0 Å². The van der Waals surface area contributed by atoms with E-state index in [-0.39, 0.29) is 6.10 Å². The first-order valence-corrected chi connectivity index (χ1v) is 6.42. The van der Waals surface area contributed by atoms with Gasteiger partial charge in [0.15, 0.2) is 0 Å². The molecule has 0 N–H and O–H groups in total. The van der Waals surface area contributed by atoms with Crippen molar-refractivity contribution < 1.29 is 9.47 Å². The van der Waals surface area contributed by atoms with Gasteiger partial charge in [0.25, 0.3) is 0 Å². The number of benzene rings is 2. The third-order valence-corrected chi connectivity index (χ3v) is 3.28. The molecule has 2 rings (SSSR count). The van der Waals surface area contributed by atoms with E-state index in [2.05, 4.69) is 6.07 Å². The summed E-state index contributed by atoms with van der Waals surface area (Å²) in [7, 11) is 3.36. The molecular weight excluding hydrogens is 250 g/mol. The largest absolute Gasteiger partial charge is 0.497 e. The molecule has 3 heteroatoms. The van der Waals surface area contributed by atoms with Crippen LogP contribution in [0.15, 0.2) is 48.5 Å². The number of nitrogens with zero attached hydrogens (tertiary/aromatic N) is 1. The van der Waals surface area contributed by atoms with Crippen LogP contribution >= 0.6 is 0 Å². The summed E-state index contributed by atoms with van der Waals surface area (Å²) >= 11 is 0. The zero-order valence-electron chi connectivity index (χ0n) is 11.7. The predicted octanol–water partition coefficient (Wildman–Crippen LogP) is 3.50. The van der Waals surface area contributed by atoms with Gasteiger partial charge in [0.05, 0.1) is 24.8 Å².